The number of aromatic hydroxyl groups is 1. The van der Waals surface area contributed by atoms with E-state index in [9.17, 15) is 5.11 Å². The SMILES string of the molecule is CC(C)(C)c1ccc(-c2ccnc(-c3cc(-c4cccc5c4nc(-c4cc(C(C)(C)C)cc(C(C)(C)C)c4O)n5-c4cc(-c5ccccc5)cc(C(C)(C)C)c4)cc(C(C)(C)C)c3)c2)cc1. The summed E-state index contributed by atoms with van der Waals surface area (Å²) < 4.78 is 2.29. The molecule has 338 valence electrons. The highest BCUT2D eigenvalue weighted by atomic mass is 16.3. The highest BCUT2D eigenvalue weighted by Gasteiger charge is 2.30. The molecule has 4 nitrogen and oxygen atoms in total. The van der Waals surface area contributed by atoms with Crippen LogP contribution in [0.4, 0.5) is 0 Å². The molecule has 0 aliphatic heterocycles. The van der Waals surface area contributed by atoms with Crippen molar-refractivity contribution in [1.29, 1.82) is 0 Å². The van der Waals surface area contributed by atoms with Crippen molar-refractivity contribution in [2.75, 3.05) is 0 Å². The summed E-state index contributed by atoms with van der Waals surface area (Å²) in [6.07, 6.45) is 1.93. The average molecular weight is 872 g/mol. The Labute approximate surface area is 394 Å². The van der Waals surface area contributed by atoms with Gasteiger partial charge in [0.2, 0.25) is 0 Å². The van der Waals surface area contributed by atoms with Gasteiger partial charge in [0.05, 0.1) is 22.3 Å². The third kappa shape index (κ3) is 9.25. The predicted molar refractivity (Wildman–Crippen MR) is 281 cm³/mol. The lowest BCUT2D eigenvalue weighted by Crippen LogP contribution is -2.17. The van der Waals surface area contributed by atoms with E-state index >= 15 is 0 Å². The van der Waals surface area contributed by atoms with Crippen molar-refractivity contribution in [3.8, 4) is 67.5 Å². The second-order valence-electron chi connectivity index (χ2n) is 23.6. The van der Waals surface area contributed by atoms with Crippen molar-refractivity contribution in [3.05, 3.63) is 167 Å². The van der Waals surface area contributed by atoms with Crippen LogP contribution >= 0.6 is 0 Å². The number of para-hydroxylation sites is 1. The summed E-state index contributed by atoms with van der Waals surface area (Å²) in [7, 11) is 0. The van der Waals surface area contributed by atoms with Gasteiger partial charge in [-0.3, -0.25) is 9.55 Å². The quantitative estimate of drug-likeness (QED) is 0.181. The summed E-state index contributed by atoms with van der Waals surface area (Å²) in [6.45, 7) is 33.6. The Morgan fingerprint density at radius 3 is 1.61 bits per heavy atom. The Morgan fingerprint density at radius 2 is 0.985 bits per heavy atom. The fourth-order valence-corrected chi connectivity index (χ4v) is 8.85. The van der Waals surface area contributed by atoms with Gasteiger partial charge in [0.1, 0.15) is 11.6 Å². The monoisotopic (exact) mass is 872 g/mol. The molecule has 66 heavy (non-hydrogen) atoms. The van der Waals surface area contributed by atoms with Crippen LogP contribution in [-0.4, -0.2) is 19.6 Å². The molecule has 0 spiro atoms. The van der Waals surface area contributed by atoms with Gasteiger partial charge in [0, 0.05) is 28.6 Å². The van der Waals surface area contributed by atoms with Crippen molar-refractivity contribution in [2.45, 2.75) is 131 Å². The summed E-state index contributed by atoms with van der Waals surface area (Å²) in [5.74, 6) is 0.968. The van der Waals surface area contributed by atoms with Crippen LogP contribution in [0.5, 0.6) is 5.75 Å². The standard InChI is InChI=1S/C62H69N3O/c1-58(2,3)45-26-24-40(25-27-45)41-28-29-63-53(35-41)44-30-43(32-46(33-44)59(4,5)6)50-22-19-23-54-55(50)64-57(51-37-48(61(10,11)12)38-52(56(51)66)62(13,14)15)65(54)49-34-42(39-20-17-16-18-21-39)31-47(36-49)60(7,8)9/h16-38,66H,1-15H3. The molecule has 2 aromatic heterocycles. The van der Waals surface area contributed by atoms with E-state index in [1.807, 2.05) is 6.20 Å². The van der Waals surface area contributed by atoms with Gasteiger partial charge in [-0.2, -0.15) is 0 Å². The lowest BCUT2D eigenvalue weighted by atomic mass is 9.79. The van der Waals surface area contributed by atoms with Crippen LogP contribution in [-0.2, 0) is 27.1 Å². The van der Waals surface area contributed by atoms with Crippen molar-refractivity contribution in [1.82, 2.24) is 14.5 Å². The molecule has 0 radical (unpaired) electrons. The smallest absolute Gasteiger partial charge is 0.149 e. The van der Waals surface area contributed by atoms with Crippen LogP contribution in [0.25, 0.3) is 72.7 Å². The molecule has 6 aromatic carbocycles. The van der Waals surface area contributed by atoms with Crippen molar-refractivity contribution < 1.29 is 5.11 Å². The molecule has 1 N–H and O–H groups in total. The zero-order chi connectivity index (χ0) is 47.7. The highest BCUT2D eigenvalue weighted by molar-refractivity contribution is 5.97. The molecule has 0 unspecified atom stereocenters. The normalized spacial score (nSPS) is 12.8. The predicted octanol–water partition coefficient (Wildman–Crippen LogP) is 16.9. The second-order valence-corrected chi connectivity index (χ2v) is 23.6. The molecule has 8 rings (SSSR count). The van der Waals surface area contributed by atoms with E-state index in [1.54, 1.807) is 0 Å². The summed E-state index contributed by atoms with van der Waals surface area (Å²) >= 11 is 0. The molecule has 0 bridgehead atoms. The minimum Gasteiger partial charge on any atom is -0.507 e. The zero-order valence-corrected chi connectivity index (χ0v) is 42.1. The molecule has 8 aromatic rings. The van der Waals surface area contributed by atoms with E-state index in [2.05, 4.69) is 242 Å². The number of imidazole rings is 1. The third-order valence-corrected chi connectivity index (χ3v) is 13.1. The molecular weight excluding hydrogens is 803 g/mol. The van der Waals surface area contributed by atoms with E-state index in [-0.39, 0.29) is 32.8 Å². The number of benzene rings is 6. The highest BCUT2D eigenvalue weighted by Crippen LogP contribution is 2.46. The number of hydrogen-bond donors (Lipinski definition) is 1. The van der Waals surface area contributed by atoms with Gasteiger partial charge in [-0.25, -0.2) is 4.98 Å². The number of phenols is 1. The maximum Gasteiger partial charge on any atom is 0.149 e. The van der Waals surface area contributed by atoms with E-state index in [0.29, 0.717) is 5.82 Å². The van der Waals surface area contributed by atoms with Crippen LogP contribution in [0.2, 0.25) is 0 Å². The number of phenolic OH excluding ortho intramolecular Hbond substituents is 1. The summed E-state index contributed by atoms with van der Waals surface area (Å²) in [5, 5.41) is 12.5. The van der Waals surface area contributed by atoms with Crippen molar-refractivity contribution in [2.24, 2.45) is 0 Å². The number of aromatic nitrogens is 3. The molecular formula is C62H69N3O. The molecule has 0 amide bonds. The number of rotatable bonds is 6. The van der Waals surface area contributed by atoms with Crippen LogP contribution in [0.1, 0.15) is 132 Å². The Morgan fingerprint density at radius 1 is 0.409 bits per heavy atom. The first-order valence-corrected chi connectivity index (χ1v) is 23.6. The van der Waals surface area contributed by atoms with Gasteiger partial charge < -0.3 is 5.11 Å². The molecule has 0 saturated heterocycles. The largest absolute Gasteiger partial charge is 0.507 e. The van der Waals surface area contributed by atoms with Crippen molar-refractivity contribution in [3.63, 3.8) is 0 Å². The minimum atomic E-state index is -0.320. The maximum absolute atomic E-state index is 12.5. The molecule has 0 saturated carbocycles. The van der Waals surface area contributed by atoms with E-state index in [0.717, 1.165) is 72.5 Å². The first kappa shape index (κ1) is 46.3. The molecule has 2 heterocycles. The van der Waals surface area contributed by atoms with Gasteiger partial charge >= 0.3 is 0 Å². The summed E-state index contributed by atoms with van der Waals surface area (Å²) in [4.78, 5) is 10.7. The molecule has 0 atom stereocenters. The van der Waals surface area contributed by atoms with Gasteiger partial charge in [0.25, 0.3) is 0 Å². The van der Waals surface area contributed by atoms with Crippen LogP contribution in [0.15, 0.2) is 140 Å². The minimum absolute atomic E-state index is 0.0823. The maximum atomic E-state index is 12.5. The Kier molecular flexibility index (Phi) is 11.6. The number of nitrogens with zero attached hydrogens (tertiary/aromatic N) is 3. The molecule has 4 heteroatoms. The second kappa shape index (κ2) is 16.6. The first-order chi connectivity index (χ1) is 30.8. The van der Waals surface area contributed by atoms with Gasteiger partial charge in [-0.15, -0.1) is 0 Å². The molecule has 0 aliphatic carbocycles. The lowest BCUT2D eigenvalue weighted by Gasteiger charge is -2.28. The topological polar surface area (TPSA) is 50.9 Å². The van der Waals surface area contributed by atoms with Crippen LogP contribution in [0, 0.1) is 0 Å². The Hall–Kier alpha value is -6.26. The number of hydrogen-bond acceptors (Lipinski definition) is 3. The molecule has 0 aliphatic rings. The van der Waals surface area contributed by atoms with E-state index in [4.69, 9.17) is 9.97 Å². The average Bonchev–Trinajstić information content (AvgIpc) is 3.64. The summed E-state index contributed by atoms with van der Waals surface area (Å²) in [5.41, 5.74) is 17.3. The Bertz CT molecular complexity index is 3080. The zero-order valence-electron chi connectivity index (χ0n) is 42.1. The Balaban J connectivity index is 1.42. The number of fused-ring (bicyclic) bond motifs is 1. The van der Waals surface area contributed by atoms with E-state index in [1.165, 1.54) is 22.3 Å². The summed E-state index contributed by atoms with van der Waals surface area (Å²) in [6, 6.07) is 48.6. The number of pyridine rings is 1. The van der Waals surface area contributed by atoms with Crippen LogP contribution in [0.3, 0.4) is 0 Å². The van der Waals surface area contributed by atoms with Gasteiger partial charge in [-0.1, -0.05) is 189 Å². The van der Waals surface area contributed by atoms with Crippen molar-refractivity contribution >= 4 is 11.0 Å². The third-order valence-electron chi connectivity index (χ3n) is 13.1. The fraction of sp³-hybridized carbons (Fsp3) is 0.323. The molecule has 0 fully saturated rings. The van der Waals surface area contributed by atoms with Gasteiger partial charge in [-0.05, 0) is 126 Å². The van der Waals surface area contributed by atoms with Gasteiger partial charge in [0.15, 0.2) is 0 Å². The lowest BCUT2D eigenvalue weighted by molar-refractivity contribution is 0.446. The first-order valence-electron chi connectivity index (χ1n) is 23.6. The van der Waals surface area contributed by atoms with E-state index < -0.39 is 0 Å². The van der Waals surface area contributed by atoms with Crippen LogP contribution < -0.4 is 0 Å². The fourth-order valence-electron chi connectivity index (χ4n) is 8.85.